The molecule has 0 aliphatic heterocycles. The van der Waals surface area contributed by atoms with Gasteiger partial charge in [-0.15, -0.1) is 0 Å². The van der Waals surface area contributed by atoms with Crippen LogP contribution in [0.5, 0.6) is 0 Å². The summed E-state index contributed by atoms with van der Waals surface area (Å²) in [6.45, 7) is 9.89. The Kier molecular flexibility index (Phi) is 20.0. The molecule has 216 valence electrons. The van der Waals surface area contributed by atoms with E-state index in [0.717, 1.165) is 45.1 Å². The van der Waals surface area contributed by atoms with Crippen molar-refractivity contribution < 1.29 is 34.2 Å². The molecule has 2 N–H and O–H groups in total. The molecule has 37 heavy (non-hydrogen) atoms. The van der Waals surface area contributed by atoms with Gasteiger partial charge in [0, 0.05) is 31.1 Å². The number of carbonyl (C=O) groups is 3. The molecule has 0 rings (SSSR count). The van der Waals surface area contributed by atoms with Gasteiger partial charge in [0.2, 0.25) is 0 Å². The van der Waals surface area contributed by atoms with Crippen LogP contribution in [0, 0.1) is 17.8 Å². The zero-order chi connectivity index (χ0) is 28.1. The van der Waals surface area contributed by atoms with Crippen LogP contribution in [0.4, 0.5) is 0 Å². The topological polar surface area (TPSA) is 115 Å². The number of nitrogens with zero attached hydrogens (tertiary/aromatic N) is 1. The Morgan fingerprint density at radius 2 is 1.05 bits per heavy atom. The van der Waals surface area contributed by atoms with Crippen molar-refractivity contribution in [2.75, 3.05) is 26.2 Å². The molecule has 7 heteroatoms. The predicted molar refractivity (Wildman–Crippen MR) is 147 cm³/mol. The fourth-order valence-corrected chi connectivity index (χ4v) is 4.60. The standard InChI is InChI=1S/C30H55NO6/c1-5-6-7-8-9-10-11-12-13-14-15-16-17-21-31(22-18-25(2)28(32)33,23-19-26(3)29(34)35)24-20-27(4)30(36)37/h11-12,25-27H,5-10,13-24H2,1-4H3,(H2-,32,33,34,35,36,37)/b12-11+. The quantitative estimate of drug-likeness (QED) is 0.0902. The highest BCUT2D eigenvalue weighted by Crippen LogP contribution is 2.21. The molecule has 0 amide bonds. The van der Waals surface area contributed by atoms with Gasteiger partial charge in [-0.05, 0) is 38.5 Å². The largest absolute Gasteiger partial charge is 0.550 e. The van der Waals surface area contributed by atoms with Crippen LogP contribution < -0.4 is 5.11 Å². The molecule has 0 radical (unpaired) electrons. The minimum absolute atomic E-state index is 0.439. The van der Waals surface area contributed by atoms with Gasteiger partial charge in [-0.3, -0.25) is 9.59 Å². The Morgan fingerprint density at radius 3 is 1.46 bits per heavy atom. The van der Waals surface area contributed by atoms with E-state index >= 15 is 0 Å². The summed E-state index contributed by atoms with van der Waals surface area (Å²) in [5, 5.41) is 30.1. The van der Waals surface area contributed by atoms with Gasteiger partial charge in [-0.25, -0.2) is 0 Å². The summed E-state index contributed by atoms with van der Waals surface area (Å²) in [6.07, 6.45) is 19.1. The van der Waals surface area contributed by atoms with Gasteiger partial charge >= 0.3 is 11.9 Å². The molecule has 0 fully saturated rings. The van der Waals surface area contributed by atoms with Gasteiger partial charge in [0.15, 0.2) is 0 Å². The van der Waals surface area contributed by atoms with Crippen molar-refractivity contribution in [1.82, 2.24) is 0 Å². The number of rotatable bonds is 25. The fraction of sp³-hybridized carbons (Fsp3) is 0.833. The van der Waals surface area contributed by atoms with E-state index in [4.69, 9.17) is 0 Å². The number of allylic oxidation sites excluding steroid dienone is 2. The first kappa shape index (κ1) is 35.1. The van der Waals surface area contributed by atoms with E-state index in [1.165, 1.54) is 32.1 Å². The number of hydrogen-bond acceptors (Lipinski definition) is 4. The van der Waals surface area contributed by atoms with Crippen LogP contribution >= 0.6 is 0 Å². The Morgan fingerprint density at radius 1 is 0.649 bits per heavy atom. The molecule has 0 aliphatic rings. The first-order valence-corrected chi connectivity index (χ1v) is 14.7. The molecule has 0 aromatic rings. The summed E-state index contributed by atoms with van der Waals surface area (Å²) in [7, 11) is 0. The lowest BCUT2D eigenvalue weighted by atomic mass is 10.0. The van der Waals surface area contributed by atoms with E-state index in [-0.39, 0.29) is 0 Å². The molecule has 3 atom stereocenters. The number of unbranched alkanes of at least 4 members (excludes halogenated alkanes) is 9. The Balaban J connectivity index is 4.90. The van der Waals surface area contributed by atoms with Gasteiger partial charge < -0.3 is 24.6 Å². The number of carbonyl (C=O) groups excluding carboxylic acids is 1. The fourth-order valence-electron chi connectivity index (χ4n) is 4.60. The van der Waals surface area contributed by atoms with Gasteiger partial charge in [0.1, 0.15) is 0 Å². The van der Waals surface area contributed by atoms with Crippen molar-refractivity contribution in [2.24, 2.45) is 17.8 Å². The maximum atomic E-state index is 11.4. The second-order valence-electron chi connectivity index (χ2n) is 11.2. The highest BCUT2D eigenvalue weighted by atomic mass is 16.4. The molecule has 0 aliphatic carbocycles. The van der Waals surface area contributed by atoms with Crippen molar-refractivity contribution in [3.63, 3.8) is 0 Å². The van der Waals surface area contributed by atoms with Gasteiger partial charge in [0.25, 0.3) is 0 Å². The van der Waals surface area contributed by atoms with E-state index in [0.29, 0.717) is 43.4 Å². The van der Waals surface area contributed by atoms with Crippen molar-refractivity contribution in [1.29, 1.82) is 0 Å². The molecular weight excluding hydrogens is 470 g/mol. The van der Waals surface area contributed by atoms with Crippen LogP contribution in [0.2, 0.25) is 0 Å². The highest BCUT2D eigenvalue weighted by molar-refractivity contribution is 5.69. The molecule has 0 spiro atoms. The summed E-state index contributed by atoms with van der Waals surface area (Å²) in [5.41, 5.74) is 0. The van der Waals surface area contributed by atoms with Crippen molar-refractivity contribution in [3.05, 3.63) is 12.2 Å². The zero-order valence-corrected chi connectivity index (χ0v) is 24.1. The number of carboxylic acids is 3. The predicted octanol–water partition coefficient (Wildman–Crippen LogP) is 5.67. The number of carboxylic acid groups (broad SMARTS) is 3. The van der Waals surface area contributed by atoms with Crippen LogP contribution in [0.1, 0.15) is 118 Å². The molecular formula is C30H55NO6. The molecule has 7 nitrogen and oxygen atoms in total. The summed E-state index contributed by atoms with van der Waals surface area (Å²) in [6, 6.07) is 0. The third kappa shape index (κ3) is 18.1. The van der Waals surface area contributed by atoms with Crippen molar-refractivity contribution in [2.45, 2.75) is 118 Å². The monoisotopic (exact) mass is 525 g/mol. The normalized spacial score (nSPS) is 15.8. The van der Waals surface area contributed by atoms with Crippen molar-refractivity contribution in [3.8, 4) is 0 Å². The lowest BCUT2D eigenvalue weighted by Gasteiger charge is -2.41. The van der Waals surface area contributed by atoms with Crippen LogP contribution in [-0.2, 0) is 14.4 Å². The van der Waals surface area contributed by atoms with Gasteiger partial charge in [-0.2, -0.15) is 0 Å². The van der Waals surface area contributed by atoms with Crippen molar-refractivity contribution >= 4 is 17.9 Å². The maximum Gasteiger partial charge on any atom is 0.306 e. The van der Waals surface area contributed by atoms with Crippen LogP contribution in [0.25, 0.3) is 0 Å². The van der Waals surface area contributed by atoms with E-state index < -0.39 is 35.7 Å². The summed E-state index contributed by atoms with van der Waals surface area (Å²) < 4.78 is 0.574. The third-order valence-corrected chi connectivity index (χ3v) is 7.75. The average molecular weight is 526 g/mol. The molecule has 0 aromatic carbocycles. The second kappa shape index (κ2) is 21.1. The number of hydrogen-bond donors (Lipinski definition) is 2. The molecule has 0 heterocycles. The zero-order valence-electron chi connectivity index (χ0n) is 24.1. The lowest BCUT2D eigenvalue weighted by Crippen LogP contribution is -2.52. The molecule has 0 bridgehead atoms. The summed E-state index contributed by atoms with van der Waals surface area (Å²) in [5.74, 6) is -4.34. The minimum Gasteiger partial charge on any atom is -0.550 e. The lowest BCUT2D eigenvalue weighted by molar-refractivity contribution is -0.929. The van der Waals surface area contributed by atoms with E-state index in [1.807, 2.05) is 0 Å². The Labute approximate surface area is 225 Å². The van der Waals surface area contributed by atoms with E-state index in [1.54, 1.807) is 20.8 Å². The molecule has 0 saturated heterocycles. The molecule has 3 unspecified atom stereocenters. The highest BCUT2D eigenvalue weighted by Gasteiger charge is 2.30. The smallest absolute Gasteiger partial charge is 0.306 e. The Bertz CT molecular complexity index is 603. The van der Waals surface area contributed by atoms with Gasteiger partial charge in [0.05, 0.1) is 38.0 Å². The first-order valence-electron chi connectivity index (χ1n) is 14.7. The summed E-state index contributed by atoms with van der Waals surface area (Å²) in [4.78, 5) is 34.2. The van der Waals surface area contributed by atoms with E-state index in [9.17, 15) is 29.7 Å². The molecule has 0 aromatic heterocycles. The van der Waals surface area contributed by atoms with Crippen LogP contribution in [0.15, 0.2) is 12.2 Å². The minimum atomic E-state index is -1.08. The van der Waals surface area contributed by atoms with E-state index in [2.05, 4.69) is 19.1 Å². The second-order valence-corrected chi connectivity index (χ2v) is 11.2. The third-order valence-electron chi connectivity index (χ3n) is 7.75. The summed E-state index contributed by atoms with van der Waals surface area (Å²) >= 11 is 0. The van der Waals surface area contributed by atoms with Gasteiger partial charge in [-0.1, -0.05) is 72.0 Å². The number of aliphatic carboxylic acids is 3. The SMILES string of the molecule is CCCCCCC/C=C/CCCCCC[N+](CCC(C)C(=O)[O-])(CCC(C)C(=O)O)CCC(C)C(=O)O. The first-order chi connectivity index (χ1) is 17.5. The average Bonchev–Trinajstić information content (AvgIpc) is 2.86. The van der Waals surface area contributed by atoms with Crippen LogP contribution in [-0.4, -0.2) is 58.8 Å². The van der Waals surface area contributed by atoms with Crippen LogP contribution in [0.3, 0.4) is 0 Å². The maximum absolute atomic E-state index is 11.4. The molecule has 0 saturated carbocycles. The number of quaternary nitrogens is 1. The Hall–Kier alpha value is -1.89.